The molecule has 140 valence electrons. The molecule has 2 amide bonds. The number of nitrogens with one attached hydrogen (secondary N) is 1. The van der Waals surface area contributed by atoms with Gasteiger partial charge in [-0.3, -0.25) is 9.59 Å². The largest absolute Gasteiger partial charge is 0.339 e. The Kier molecular flexibility index (Phi) is 4.93. The minimum atomic E-state index is -0.197. The third-order valence-corrected chi connectivity index (χ3v) is 6.62. The number of hydrogen-bond acceptors (Lipinski definition) is 3. The number of amides is 2. The lowest BCUT2D eigenvalue weighted by Crippen LogP contribution is -2.56. The van der Waals surface area contributed by atoms with E-state index in [0.717, 1.165) is 32.4 Å². The molecule has 1 saturated carbocycles. The number of nitrogens with zero attached hydrogens (tertiary/aromatic N) is 2. The first-order valence-electron chi connectivity index (χ1n) is 9.65. The summed E-state index contributed by atoms with van der Waals surface area (Å²) < 4.78 is 0. The Labute approximate surface area is 159 Å². The molecule has 0 bridgehead atoms. The Morgan fingerprint density at radius 1 is 1.12 bits per heavy atom. The predicted octanol–water partition coefficient (Wildman–Crippen LogP) is 2.40. The molecule has 2 aliphatic heterocycles. The molecule has 1 aromatic carbocycles. The second-order valence-corrected chi connectivity index (χ2v) is 8.26. The fraction of sp³-hybridized carbons (Fsp3) is 0.600. The highest BCUT2D eigenvalue weighted by atomic mass is 35.5. The average molecular weight is 376 g/mol. The predicted molar refractivity (Wildman–Crippen MR) is 101 cm³/mol. The topological polar surface area (TPSA) is 52.7 Å². The normalized spacial score (nSPS) is 28.7. The van der Waals surface area contributed by atoms with Gasteiger partial charge in [-0.15, -0.1) is 0 Å². The molecule has 0 spiro atoms. The maximum Gasteiger partial charge on any atom is 0.254 e. The Hall–Kier alpha value is -1.59. The minimum Gasteiger partial charge on any atom is -0.339 e. The van der Waals surface area contributed by atoms with Gasteiger partial charge in [0, 0.05) is 43.3 Å². The SMILES string of the molecule is O=C(c1cccc(Cl)c1)N1CCN(C(=O)[C@@]23CCCC[C@H]2CNC3)CC1. The van der Waals surface area contributed by atoms with Crippen molar-refractivity contribution in [3.05, 3.63) is 34.9 Å². The maximum atomic E-state index is 13.3. The molecular weight excluding hydrogens is 350 g/mol. The lowest BCUT2D eigenvalue weighted by Gasteiger charge is -2.43. The zero-order valence-electron chi connectivity index (χ0n) is 15.0. The van der Waals surface area contributed by atoms with Crippen molar-refractivity contribution in [2.45, 2.75) is 25.7 Å². The Balaban J connectivity index is 1.40. The summed E-state index contributed by atoms with van der Waals surface area (Å²) in [4.78, 5) is 29.8. The van der Waals surface area contributed by atoms with Crippen LogP contribution in [0.15, 0.2) is 24.3 Å². The van der Waals surface area contributed by atoms with Gasteiger partial charge in [0.25, 0.3) is 5.91 Å². The summed E-state index contributed by atoms with van der Waals surface area (Å²) in [5, 5.41) is 4.02. The molecule has 1 aliphatic carbocycles. The van der Waals surface area contributed by atoms with E-state index >= 15 is 0 Å². The first kappa shape index (κ1) is 17.8. The second-order valence-electron chi connectivity index (χ2n) is 7.82. The van der Waals surface area contributed by atoms with Crippen molar-refractivity contribution in [1.29, 1.82) is 0 Å². The molecule has 0 radical (unpaired) electrons. The molecule has 0 unspecified atom stereocenters. The van der Waals surface area contributed by atoms with Crippen molar-refractivity contribution in [3.63, 3.8) is 0 Å². The van der Waals surface area contributed by atoms with E-state index in [4.69, 9.17) is 11.6 Å². The van der Waals surface area contributed by atoms with Gasteiger partial charge in [0.2, 0.25) is 5.91 Å². The van der Waals surface area contributed by atoms with Crippen LogP contribution >= 0.6 is 11.6 Å². The molecule has 6 heteroatoms. The first-order chi connectivity index (χ1) is 12.6. The van der Waals surface area contributed by atoms with Gasteiger partial charge in [0.1, 0.15) is 0 Å². The Bertz CT molecular complexity index is 702. The number of piperazine rings is 1. The van der Waals surface area contributed by atoms with Crippen LogP contribution in [-0.4, -0.2) is 60.9 Å². The molecule has 2 atom stereocenters. The zero-order chi connectivity index (χ0) is 18.1. The van der Waals surface area contributed by atoms with Gasteiger partial charge in [-0.1, -0.05) is 30.5 Å². The molecule has 0 aromatic heterocycles. The third-order valence-electron chi connectivity index (χ3n) is 6.39. The van der Waals surface area contributed by atoms with Crippen LogP contribution in [0, 0.1) is 11.3 Å². The monoisotopic (exact) mass is 375 g/mol. The molecule has 5 nitrogen and oxygen atoms in total. The van der Waals surface area contributed by atoms with E-state index in [9.17, 15) is 9.59 Å². The van der Waals surface area contributed by atoms with Crippen LogP contribution in [0.25, 0.3) is 0 Å². The van der Waals surface area contributed by atoms with Gasteiger partial charge in [-0.25, -0.2) is 0 Å². The number of fused-ring (bicyclic) bond motifs is 1. The number of halogens is 1. The number of benzene rings is 1. The van der Waals surface area contributed by atoms with Gasteiger partial charge in [-0.05, 0) is 43.5 Å². The fourth-order valence-electron chi connectivity index (χ4n) is 4.90. The lowest BCUT2D eigenvalue weighted by molar-refractivity contribution is -0.146. The molecule has 4 rings (SSSR count). The highest BCUT2D eigenvalue weighted by Crippen LogP contribution is 2.45. The van der Waals surface area contributed by atoms with E-state index in [1.165, 1.54) is 6.42 Å². The smallest absolute Gasteiger partial charge is 0.254 e. The summed E-state index contributed by atoms with van der Waals surface area (Å²) in [6.45, 7) is 4.22. The maximum absolute atomic E-state index is 13.3. The van der Waals surface area contributed by atoms with Gasteiger partial charge in [0.15, 0.2) is 0 Å². The van der Waals surface area contributed by atoms with Crippen LogP contribution in [0.5, 0.6) is 0 Å². The van der Waals surface area contributed by atoms with E-state index in [0.29, 0.717) is 48.6 Å². The summed E-state index contributed by atoms with van der Waals surface area (Å²) in [5.41, 5.74) is 0.417. The summed E-state index contributed by atoms with van der Waals surface area (Å²) in [6.07, 6.45) is 4.55. The average Bonchev–Trinajstić information content (AvgIpc) is 3.12. The summed E-state index contributed by atoms with van der Waals surface area (Å²) in [7, 11) is 0. The van der Waals surface area contributed by atoms with Crippen LogP contribution in [-0.2, 0) is 4.79 Å². The molecule has 26 heavy (non-hydrogen) atoms. The minimum absolute atomic E-state index is 0.00385. The van der Waals surface area contributed by atoms with E-state index in [1.54, 1.807) is 24.3 Å². The molecule has 2 saturated heterocycles. The van der Waals surface area contributed by atoms with E-state index < -0.39 is 0 Å². The van der Waals surface area contributed by atoms with Crippen molar-refractivity contribution in [1.82, 2.24) is 15.1 Å². The van der Waals surface area contributed by atoms with E-state index in [2.05, 4.69) is 5.32 Å². The fourth-order valence-corrected chi connectivity index (χ4v) is 5.09. The second kappa shape index (κ2) is 7.20. The Morgan fingerprint density at radius 2 is 1.88 bits per heavy atom. The van der Waals surface area contributed by atoms with Crippen molar-refractivity contribution in [2.75, 3.05) is 39.3 Å². The van der Waals surface area contributed by atoms with Crippen molar-refractivity contribution >= 4 is 23.4 Å². The number of rotatable bonds is 2. The Morgan fingerprint density at radius 3 is 2.65 bits per heavy atom. The summed E-state index contributed by atoms with van der Waals surface area (Å²) in [5.74, 6) is 0.785. The standard InChI is InChI=1S/C20H26ClN3O2/c21-17-6-3-4-15(12-17)18(25)23-8-10-24(11-9-23)19(26)20-7-2-1-5-16(20)13-22-14-20/h3-4,6,12,16,22H,1-2,5,7-11,13-14H2/t16-,20+/m0/s1. The zero-order valence-corrected chi connectivity index (χ0v) is 15.8. The van der Waals surface area contributed by atoms with Crippen LogP contribution in [0.1, 0.15) is 36.0 Å². The van der Waals surface area contributed by atoms with Crippen molar-refractivity contribution < 1.29 is 9.59 Å². The molecule has 1 N–H and O–H groups in total. The molecule has 1 aromatic rings. The number of carbonyl (C=O) groups is 2. The van der Waals surface area contributed by atoms with Crippen molar-refractivity contribution in [3.8, 4) is 0 Å². The van der Waals surface area contributed by atoms with Crippen molar-refractivity contribution in [2.24, 2.45) is 11.3 Å². The van der Waals surface area contributed by atoms with Gasteiger partial charge >= 0.3 is 0 Å². The quantitative estimate of drug-likeness (QED) is 0.863. The van der Waals surface area contributed by atoms with Gasteiger partial charge in [0.05, 0.1) is 5.41 Å². The van der Waals surface area contributed by atoms with E-state index in [1.807, 2.05) is 9.80 Å². The van der Waals surface area contributed by atoms with Crippen LogP contribution in [0.3, 0.4) is 0 Å². The lowest BCUT2D eigenvalue weighted by atomic mass is 9.67. The van der Waals surface area contributed by atoms with Crippen LogP contribution in [0.2, 0.25) is 5.02 Å². The molecular formula is C20H26ClN3O2. The van der Waals surface area contributed by atoms with Crippen LogP contribution < -0.4 is 5.32 Å². The third kappa shape index (κ3) is 3.12. The highest BCUT2D eigenvalue weighted by Gasteiger charge is 2.51. The summed E-state index contributed by atoms with van der Waals surface area (Å²) >= 11 is 6.00. The number of hydrogen-bond donors (Lipinski definition) is 1. The van der Waals surface area contributed by atoms with Gasteiger partial charge < -0.3 is 15.1 Å². The van der Waals surface area contributed by atoms with Gasteiger partial charge in [-0.2, -0.15) is 0 Å². The highest BCUT2D eigenvalue weighted by molar-refractivity contribution is 6.30. The number of carbonyl (C=O) groups excluding carboxylic acids is 2. The molecule has 3 aliphatic rings. The summed E-state index contributed by atoms with van der Waals surface area (Å²) in [6, 6.07) is 7.06. The van der Waals surface area contributed by atoms with E-state index in [-0.39, 0.29) is 11.3 Å². The van der Waals surface area contributed by atoms with Crippen LogP contribution in [0.4, 0.5) is 0 Å². The molecule has 2 heterocycles. The first-order valence-corrected chi connectivity index (χ1v) is 10.0. The molecule has 3 fully saturated rings.